The van der Waals surface area contributed by atoms with Gasteiger partial charge in [0.15, 0.2) is 0 Å². The summed E-state index contributed by atoms with van der Waals surface area (Å²) in [5, 5.41) is 27.3. The normalized spacial score (nSPS) is 23.1. The van der Waals surface area contributed by atoms with Gasteiger partial charge in [-0.1, -0.05) is 12.1 Å². The number of anilines is 2. The summed E-state index contributed by atoms with van der Waals surface area (Å²) in [6.45, 7) is 3.12. The Kier molecular flexibility index (Phi) is 5.43. The van der Waals surface area contributed by atoms with Gasteiger partial charge in [-0.15, -0.1) is 11.3 Å². The summed E-state index contributed by atoms with van der Waals surface area (Å²) in [5.74, 6) is 1.03. The molecule has 3 aromatic rings. The van der Waals surface area contributed by atoms with Gasteiger partial charge in [0.2, 0.25) is 5.95 Å². The molecular formula is C21H24N6O3S. The molecule has 1 aliphatic heterocycles. The lowest BCUT2D eigenvalue weighted by molar-refractivity contribution is 0.157. The number of hydrogen-bond acceptors (Lipinski definition) is 10. The minimum atomic E-state index is -0.561. The predicted molar refractivity (Wildman–Crippen MR) is 120 cm³/mol. The van der Waals surface area contributed by atoms with Crippen molar-refractivity contribution in [3.63, 3.8) is 0 Å². The minimum Gasteiger partial charge on any atom is -0.463 e. The van der Waals surface area contributed by atoms with Gasteiger partial charge in [-0.2, -0.15) is 4.98 Å². The van der Waals surface area contributed by atoms with Crippen LogP contribution in [0, 0.1) is 12.8 Å². The van der Waals surface area contributed by atoms with E-state index in [1.807, 2.05) is 31.2 Å². The number of rotatable bonds is 5. The molecule has 5 rings (SSSR count). The van der Waals surface area contributed by atoms with Crippen LogP contribution in [-0.4, -0.2) is 63.1 Å². The molecule has 0 bridgehead atoms. The summed E-state index contributed by atoms with van der Waals surface area (Å²) in [7, 11) is 0. The van der Waals surface area contributed by atoms with Gasteiger partial charge < -0.3 is 20.3 Å². The number of ether oxygens (including phenoxy) is 1. The zero-order valence-corrected chi connectivity index (χ0v) is 17.9. The summed E-state index contributed by atoms with van der Waals surface area (Å²) in [6, 6.07) is 8.17. The minimum absolute atomic E-state index is 0.0622. The van der Waals surface area contributed by atoms with Gasteiger partial charge in [0.1, 0.15) is 17.4 Å². The molecule has 4 N–H and O–H groups in total. The van der Waals surface area contributed by atoms with Gasteiger partial charge in [-0.3, -0.25) is 5.32 Å². The Morgan fingerprint density at radius 2 is 2.06 bits per heavy atom. The Morgan fingerprint density at radius 1 is 1.19 bits per heavy atom. The van der Waals surface area contributed by atoms with Gasteiger partial charge in [0.05, 0.1) is 40.2 Å². The first-order valence-corrected chi connectivity index (χ1v) is 11.2. The number of aliphatic hydroxyl groups excluding tert-OH is 2. The van der Waals surface area contributed by atoms with E-state index in [0.717, 1.165) is 26.5 Å². The third kappa shape index (κ3) is 4.06. The summed E-state index contributed by atoms with van der Waals surface area (Å²) in [5.41, 5.74) is 2.48. The maximum Gasteiger partial charge on any atom is 0.291 e. The number of hydrogen-bond donors (Lipinski definition) is 4. The van der Waals surface area contributed by atoms with E-state index in [0.29, 0.717) is 43.8 Å². The lowest BCUT2D eigenvalue weighted by atomic mass is 10.1. The lowest BCUT2D eigenvalue weighted by Crippen LogP contribution is -2.29. The van der Waals surface area contributed by atoms with Crippen molar-refractivity contribution in [1.29, 1.82) is 0 Å². The van der Waals surface area contributed by atoms with Crippen molar-refractivity contribution in [3.05, 3.63) is 30.0 Å². The highest BCUT2D eigenvalue weighted by atomic mass is 32.1. The van der Waals surface area contributed by atoms with Crippen molar-refractivity contribution in [2.45, 2.75) is 31.9 Å². The Morgan fingerprint density at radius 3 is 2.81 bits per heavy atom. The summed E-state index contributed by atoms with van der Waals surface area (Å²) in [4.78, 5) is 18.3. The van der Waals surface area contributed by atoms with Crippen LogP contribution in [0.5, 0.6) is 0 Å². The second kappa shape index (κ2) is 8.37. The molecule has 0 amide bonds. The second-order valence-corrected chi connectivity index (χ2v) is 8.87. The molecular weight excluding hydrogens is 416 g/mol. The zero-order chi connectivity index (χ0) is 21.4. The first-order valence-electron chi connectivity index (χ1n) is 10.3. The molecule has 0 unspecified atom stereocenters. The fourth-order valence-corrected chi connectivity index (χ4v) is 5.14. The quantitative estimate of drug-likeness (QED) is 0.477. The van der Waals surface area contributed by atoms with E-state index in [1.165, 1.54) is 0 Å². The molecule has 1 aliphatic carbocycles. The van der Waals surface area contributed by atoms with Crippen molar-refractivity contribution < 1.29 is 14.9 Å². The number of nitrogens with zero attached hydrogens (tertiary/aromatic N) is 4. The number of fused-ring (bicyclic) bond motifs is 1. The second-order valence-electron chi connectivity index (χ2n) is 7.84. The van der Waals surface area contributed by atoms with Crippen molar-refractivity contribution in [2.75, 3.05) is 30.4 Å². The Bertz CT molecular complexity index is 1100. The number of para-hydroxylation sites is 1. The van der Waals surface area contributed by atoms with Gasteiger partial charge in [-0.25, -0.2) is 15.0 Å². The van der Waals surface area contributed by atoms with Crippen molar-refractivity contribution >= 4 is 39.3 Å². The topological polar surface area (TPSA) is 125 Å². The SMILES string of the molecule is Cc1nc(NC2=NCCO2)nc(N[C@@H]2C[C@H](CO)C[C@H]2O)c1-c1nc2ccccc2s1. The first-order chi connectivity index (χ1) is 15.1. The van der Waals surface area contributed by atoms with Crippen LogP contribution >= 0.6 is 11.3 Å². The van der Waals surface area contributed by atoms with Crippen LogP contribution in [0.15, 0.2) is 29.3 Å². The highest BCUT2D eigenvalue weighted by Crippen LogP contribution is 2.38. The molecule has 0 saturated heterocycles. The van der Waals surface area contributed by atoms with E-state index in [1.54, 1.807) is 11.3 Å². The van der Waals surface area contributed by atoms with Crippen LogP contribution in [0.25, 0.3) is 20.8 Å². The molecule has 10 heteroatoms. The Labute approximate surface area is 183 Å². The number of aliphatic hydroxyl groups is 2. The van der Waals surface area contributed by atoms with E-state index in [-0.39, 0.29) is 18.6 Å². The van der Waals surface area contributed by atoms with E-state index in [2.05, 4.69) is 20.6 Å². The number of aliphatic imine (C=N–C) groups is 1. The maximum absolute atomic E-state index is 10.5. The molecule has 9 nitrogen and oxygen atoms in total. The number of aryl methyl sites for hydroxylation is 1. The van der Waals surface area contributed by atoms with Gasteiger partial charge in [0.25, 0.3) is 6.02 Å². The van der Waals surface area contributed by atoms with Crippen LogP contribution in [0.4, 0.5) is 11.8 Å². The molecule has 3 atom stereocenters. The summed E-state index contributed by atoms with van der Waals surface area (Å²) in [6.07, 6.45) is 0.665. The third-order valence-electron chi connectivity index (χ3n) is 5.61. The van der Waals surface area contributed by atoms with Crippen molar-refractivity contribution in [3.8, 4) is 10.6 Å². The third-order valence-corrected chi connectivity index (χ3v) is 6.66. The number of nitrogens with one attached hydrogen (secondary N) is 2. The van der Waals surface area contributed by atoms with Gasteiger partial charge in [-0.05, 0) is 37.8 Å². The molecule has 0 spiro atoms. The largest absolute Gasteiger partial charge is 0.463 e. The Hall–Kier alpha value is -2.82. The average Bonchev–Trinajstić information content (AvgIpc) is 3.48. The maximum atomic E-state index is 10.5. The smallest absolute Gasteiger partial charge is 0.291 e. The van der Waals surface area contributed by atoms with Crippen molar-refractivity contribution in [1.82, 2.24) is 15.0 Å². The first kappa shape index (κ1) is 20.1. The highest BCUT2D eigenvalue weighted by molar-refractivity contribution is 7.21. The molecule has 31 heavy (non-hydrogen) atoms. The Balaban J connectivity index is 1.55. The lowest BCUT2D eigenvalue weighted by Gasteiger charge is -2.20. The molecule has 1 saturated carbocycles. The monoisotopic (exact) mass is 440 g/mol. The van der Waals surface area contributed by atoms with Crippen LogP contribution in [0.3, 0.4) is 0 Å². The summed E-state index contributed by atoms with van der Waals surface area (Å²) >= 11 is 1.58. The number of thiazole rings is 1. The number of benzene rings is 1. The van der Waals surface area contributed by atoms with Crippen LogP contribution in [-0.2, 0) is 4.74 Å². The molecule has 3 heterocycles. The van der Waals surface area contributed by atoms with E-state index in [4.69, 9.17) is 14.7 Å². The number of aromatic nitrogens is 3. The van der Waals surface area contributed by atoms with Crippen molar-refractivity contribution in [2.24, 2.45) is 10.9 Å². The van der Waals surface area contributed by atoms with Crippen LogP contribution in [0.1, 0.15) is 18.5 Å². The molecule has 1 fully saturated rings. The highest BCUT2D eigenvalue weighted by Gasteiger charge is 2.34. The van der Waals surface area contributed by atoms with Gasteiger partial charge in [0, 0.05) is 6.61 Å². The van der Waals surface area contributed by atoms with Gasteiger partial charge >= 0.3 is 0 Å². The molecule has 0 radical (unpaired) electrons. The molecule has 1 aromatic carbocycles. The van der Waals surface area contributed by atoms with E-state index in [9.17, 15) is 10.2 Å². The fourth-order valence-electron chi connectivity index (χ4n) is 4.07. The van der Waals surface area contributed by atoms with E-state index >= 15 is 0 Å². The fraction of sp³-hybridized carbons (Fsp3) is 0.429. The molecule has 2 aromatic heterocycles. The van der Waals surface area contributed by atoms with Crippen LogP contribution < -0.4 is 10.6 Å². The van der Waals surface area contributed by atoms with Crippen LogP contribution in [0.2, 0.25) is 0 Å². The predicted octanol–water partition coefficient (Wildman–Crippen LogP) is 2.40. The summed E-state index contributed by atoms with van der Waals surface area (Å²) < 4.78 is 6.51. The molecule has 162 valence electrons. The zero-order valence-electron chi connectivity index (χ0n) is 17.1. The number of amidine groups is 1. The standard InChI is InChI=1S/C21H24N6O3S/c1-11-17(19-25-13-4-2-3-5-16(13)31-19)18(24-14-8-12(10-28)9-15(14)29)26-20(23-11)27-21-22-6-7-30-21/h2-5,12,14-15,28-29H,6-10H2,1H3,(H2,22,23,24,26,27)/t12-,14+,15+/m0/s1. The van der Waals surface area contributed by atoms with E-state index < -0.39 is 6.10 Å². The average molecular weight is 441 g/mol. The molecule has 2 aliphatic rings.